The summed E-state index contributed by atoms with van der Waals surface area (Å²) in [5, 5.41) is 3.28. The van der Waals surface area contributed by atoms with Crippen LogP contribution in [0.25, 0.3) is 0 Å². The van der Waals surface area contributed by atoms with Crippen molar-refractivity contribution in [2.45, 2.75) is 13.0 Å². The number of aryl methyl sites for hydroxylation is 1. The number of ether oxygens (including phenoxy) is 1. The van der Waals surface area contributed by atoms with Crippen LogP contribution < -0.4 is 11.1 Å². The van der Waals surface area contributed by atoms with Crippen molar-refractivity contribution in [2.75, 3.05) is 19.0 Å². The van der Waals surface area contributed by atoms with E-state index in [1.165, 1.54) is 7.11 Å². The molecule has 1 aromatic rings. The van der Waals surface area contributed by atoms with E-state index in [0.29, 0.717) is 10.7 Å². The Morgan fingerprint density at radius 2 is 2.31 bits per heavy atom. The SMILES string of the molecule is COCC(N)C(=O)Nc1ccc(C)c(Cl)c1. The highest BCUT2D eigenvalue weighted by molar-refractivity contribution is 6.31. The fourth-order valence-electron chi connectivity index (χ4n) is 1.16. The Morgan fingerprint density at radius 3 is 2.88 bits per heavy atom. The van der Waals surface area contributed by atoms with Gasteiger partial charge in [-0.25, -0.2) is 0 Å². The molecule has 3 N–H and O–H groups in total. The van der Waals surface area contributed by atoms with E-state index in [1.54, 1.807) is 12.1 Å². The summed E-state index contributed by atoms with van der Waals surface area (Å²) in [7, 11) is 1.50. The summed E-state index contributed by atoms with van der Waals surface area (Å²) in [6.07, 6.45) is 0. The molecule has 1 unspecified atom stereocenters. The van der Waals surface area contributed by atoms with Gasteiger partial charge in [-0.05, 0) is 24.6 Å². The fraction of sp³-hybridized carbons (Fsp3) is 0.364. The van der Waals surface area contributed by atoms with Crippen LogP contribution >= 0.6 is 11.6 Å². The number of hydrogen-bond donors (Lipinski definition) is 2. The number of rotatable bonds is 4. The van der Waals surface area contributed by atoms with Crippen LogP contribution in [0.5, 0.6) is 0 Å². The average Bonchev–Trinajstić information content (AvgIpc) is 2.24. The molecule has 0 bridgehead atoms. The summed E-state index contributed by atoms with van der Waals surface area (Å²) in [5.41, 5.74) is 7.16. The molecule has 5 heteroatoms. The molecule has 1 aromatic carbocycles. The molecule has 0 saturated heterocycles. The van der Waals surface area contributed by atoms with E-state index in [1.807, 2.05) is 13.0 Å². The van der Waals surface area contributed by atoms with Gasteiger partial charge in [-0.1, -0.05) is 17.7 Å². The number of methoxy groups -OCH3 is 1. The van der Waals surface area contributed by atoms with Crippen LogP contribution in [0.3, 0.4) is 0 Å². The average molecular weight is 243 g/mol. The molecule has 1 atom stereocenters. The summed E-state index contributed by atoms with van der Waals surface area (Å²) >= 11 is 5.93. The third kappa shape index (κ3) is 3.48. The Morgan fingerprint density at radius 1 is 1.62 bits per heavy atom. The van der Waals surface area contributed by atoms with Gasteiger partial charge in [0.25, 0.3) is 0 Å². The van der Waals surface area contributed by atoms with Crippen molar-refractivity contribution < 1.29 is 9.53 Å². The van der Waals surface area contributed by atoms with Crippen molar-refractivity contribution in [2.24, 2.45) is 5.73 Å². The van der Waals surface area contributed by atoms with Gasteiger partial charge in [0, 0.05) is 17.8 Å². The monoisotopic (exact) mass is 242 g/mol. The minimum Gasteiger partial charge on any atom is -0.383 e. The molecule has 0 saturated carbocycles. The molecule has 1 rings (SSSR count). The molecule has 0 heterocycles. The maximum atomic E-state index is 11.5. The van der Waals surface area contributed by atoms with E-state index in [4.69, 9.17) is 22.1 Å². The largest absolute Gasteiger partial charge is 0.383 e. The van der Waals surface area contributed by atoms with E-state index in [0.717, 1.165) is 5.56 Å². The molecular formula is C11H15ClN2O2. The van der Waals surface area contributed by atoms with E-state index < -0.39 is 6.04 Å². The number of amides is 1. The third-order valence-electron chi connectivity index (χ3n) is 2.12. The zero-order valence-electron chi connectivity index (χ0n) is 9.29. The molecule has 16 heavy (non-hydrogen) atoms. The molecular weight excluding hydrogens is 228 g/mol. The second-order valence-corrected chi connectivity index (χ2v) is 3.92. The van der Waals surface area contributed by atoms with Gasteiger partial charge >= 0.3 is 0 Å². The number of nitrogens with one attached hydrogen (secondary N) is 1. The number of halogens is 1. The Kier molecular flexibility index (Phi) is 4.73. The van der Waals surface area contributed by atoms with Crippen molar-refractivity contribution in [1.82, 2.24) is 0 Å². The number of carbonyl (C=O) groups is 1. The minimum atomic E-state index is -0.676. The summed E-state index contributed by atoms with van der Waals surface area (Å²) in [5.74, 6) is -0.290. The number of carbonyl (C=O) groups excluding carboxylic acids is 1. The van der Waals surface area contributed by atoms with Crippen molar-refractivity contribution in [3.8, 4) is 0 Å². The number of anilines is 1. The Labute approximate surface area is 99.7 Å². The van der Waals surface area contributed by atoms with Gasteiger partial charge in [0.2, 0.25) is 5.91 Å². The van der Waals surface area contributed by atoms with Crippen molar-refractivity contribution in [3.63, 3.8) is 0 Å². The zero-order chi connectivity index (χ0) is 12.1. The van der Waals surface area contributed by atoms with Crippen LogP contribution in [0.1, 0.15) is 5.56 Å². The van der Waals surface area contributed by atoms with Gasteiger partial charge < -0.3 is 15.8 Å². The van der Waals surface area contributed by atoms with Gasteiger partial charge in [0.15, 0.2) is 0 Å². The van der Waals surface area contributed by atoms with Gasteiger partial charge in [0.05, 0.1) is 6.61 Å². The molecule has 0 aliphatic carbocycles. The molecule has 0 aromatic heterocycles. The molecule has 88 valence electrons. The zero-order valence-corrected chi connectivity index (χ0v) is 10.0. The topological polar surface area (TPSA) is 64.3 Å². The minimum absolute atomic E-state index is 0.186. The molecule has 1 amide bonds. The highest BCUT2D eigenvalue weighted by atomic mass is 35.5. The standard InChI is InChI=1S/C11H15ClN2O2/c1-7-3-4-8(5-9(7)12)14-11(15)10(13)6-16-2/h3-5,10H,6,13H2,1-2H3,(H,14,15). The predicted octanol–water partition coefficient (Wildman–Crippen LogP) is 1.56. The normalized spacial score (nSPS) is 12.2. The Balaban J connectivity index is 2.66. The molecule has 0 fully saturated rings. The van der Waals surface area contributed by atoms with Crippen molar-refractivity contribution in [3.05, 3.63) is 28.8 Å². The van der Waals surface area contributed by atoms with Crippen molar-refractivity contribution in [1.29, 1.82) is 0 Å². The summed E-state index contributed by atoms with van der Waals surface area (Å²) in [6, 6.07) is 4.62. The predicted molar refractivity (Wildman–Crippen MR) is 64.7 cm³/mol. The first-order valence-electron chi connectivity index (χ1n) is 4.86. The fourth-order valence-corrected chi connectivity index (χ4v) is 1.34. The first kappa shape index (κ1) is 13.0. The van der Waals surface area contributed by atoms with Gasteiger partial charge in [-0.15, -0.1) is 0 Å². The third-order valence-corrected chi connectivity index (χ3v) is 2.53. The smallest absolute Gasteiger partial charge is 0.243 e. The van der Waals surface area contributed by atoms with Crippen LogP contribution in [0.15, 0.2) is 18.2 Å². The highest BCUT2D eigenvalue weighted by Gasteiger charge is 2.13. The van der Waals surface area contributed by atoms with Crippen LogP contribution in [-0.2, 0) is 9.53 Å². The number of hydrogen-bond acceptors (Lipinski definition) is 3. The van der Waals surface area contributed by atoms with Crippen LogP contribution in [-0.4, -0.2) is 25.7 Å². The quantitative estimate of drug-likeness (QED) is 0.842. The van der Waals surface area contributed by atoms with Crippen LogP contribution in [0.2, 0.25) is 5.02 Å². The van der Waals surface area contributed by atoms with E-state index in [2.05, 4.69) is 5.32 Å². The lowest BCUT2D eigenvalue weighted by molar-refractivity contribution is -0.118. The van der Waals surface area contributed by atoms with E-state index >= 15 is 0 Å². The second-order valence-electron chi connectivity index (χ2n) is 3.52. The number of nitrogens with two attached hydrogens (primary N) is 1. The molecule has 0 radical (unpaired) electrons. The first-order valence-corrected chi connectivity index (χ1v) is 5.24. The summed E-state index contributed by atoms with van der Waals surface area (Å²) in [4.78, 5) is 11.5. The van der Waals surface area contributed by atoms with Gasteiger partial charge in [-0.2, -0.15) is 0 Å². The molecule has 0 aliphatic heterocycles. The number of benzene rings is 1. The molecule has 4 nitrogen and oxygen atoms in total. The maximum absolute atomic E-state index is 11.5. The lowest BCUT2D eigenvalue weighted by atomic mass is 10.2. The van der Waals surface area contributed by atoms with E-state index in [-0.39, 0.29) is 12.5 Å². The highest BCUT2D eigenvalue weighted by Crippen LogP contribution is 2.19. The lowest BCUT2D eigenvalue weighted by Crippen LogP contribution is -2.39. The van der Waals surface area contributed by atoms with Gasteiger partial charge in [-0.3, -0.25) is 4.79 Å². The second kappa shape index (κ2) is 5.84. The first-order chi connectivity index (χ1) is 7.54. The summed E-state index contributed by atoms with van der Waals surface area (Å²) < 4.78 is 4.79. The summed E-state index contributed by atoms with van der Waals surface area (Å²) in [6.45, 7) is 2.08. The van der Waals surface area contributed by atoms with Crippen LogP contribution in [0, 0.1) is 6.92 Å². The van der Waals surface area contributed by atoms with Crippen LogP contribution in [0.4, 0.5) is 5.69 Å². The van der Waals surface area contributed by atoms with E-state index in [9.17, 15) is 4.79 Å². The van der Waals surface area contributed by atoms with Gasteiger partial charge in [0.1, 0.15) is 6.04 Å². The molecule has 0 spiro atoms. The van der Waals surface area contributed by atoms with Crippen molar-refractivity contribution >= 4 is 23.2 Å². The lowest BCUT2D eigenvalue weighted by Gasteiger charge is -2.11. The maximum Gasteiger partial charge on any atom is 0.243 e. The Hall–Kier alpha value is -1.10. The Bertz CT molecular complexity index is 382. The molecule has 0 aliphatic rings.